The molecule has 4 aromatic rings. The van der Waals surface area contributed by atoms with E-state index in [2.05, 4.69) is 44.5 Å². The summed E-state index contributed by atoms with van der Waals surface area (Å²) in [5, 5.41) is 0. The summed E-state index contributed by atoms with van der Waals surface area (Å²) in [7, 11) is -0.325. The second kappa shape index (κ2) is 11.1. The van der Waals surface area contributed by atoms with Gasteiger partial charge in [0.15, 0.2) is 0 Å². The van der Waals surface area contributed by atoms with Crippen LogP contribution in [0, 0.1) is 24.4 Å². The van der Waals surface area contributed by atoms with Crippen LogP contribution >= 0.6 is 7.92 Å². The van der Waals surface area contributed by atoms with Gasteiger partial charge in [0.25, 0.3) is 0 Å². The average molecular weight is 486 g/mol. The third-order valence-corrected chi connectivity index (χ3v) is 7.00. The maximum absolute atomic E-state index is 14.0. The van der Waals surface area contributed by atoms with Crippen LogP contribution in [0.2, 0.25) is 0 Å². The molecule has 0 spiro atoms. The highest BCUT2D eigenvalue weighted by atomic mass is 31.1. The Balaban J connectivity index is 2.08. The van der Waals surface area contributed by atoms with E-state index in [0.29, 0.717) is 0 Å². The summed E-state index contributed by atoms with van der Waals surface area (Å²) in [6.45, 7) is 6.22. The quantitative estimate of drug-likeness (QED) is 0.151. The van der Waals surface area contributed by atoms with E-state index in [1.165, 1.54) is 42.0 Å². The number of halogens is 3. The van der Waals surface area contributed by atoms with Crippen LogP contribution in [0.5, 0.6) is 0 Å². The van der Waals surface area contributed by atoms with Gasteiger partial charge in [0.2, 0.25) is 6.71 Å². The van der Waals surface area contributed by atoms with Gasteiger partial charge in [-0.1, -0.05) is 82.6 Å². The fraction of sp³-hybridized carbons (Fsp3) is 0.133. The number of benzene rings is 4. The summed E-state index contributed by atoms with van der Waals surface area (Å²) in [5.41, 5.74) is 7.10. The summed E-state index contributed by atoms with van der Waals surface area (Å²) in [6.07, 6.45) is 0.851. The molecule has 0 aliphatic rings. The number of hydrogen-bond donors (Lipinski definition) is 0. The molecule has 0 amide bonds. The van der Waals surface area contributed by atoms with Crippen LogP contribution < -0.4 is 10.9 Å². The van der Waals surface area contributed by atoms with Gasteiger partial charge in [-0.3, -0.25) is 0 Å². The molecule has 0 fully saturated rings. The number of allylic oxidation sites excluding steroid dienone is 1. The van der Waals surface area contributed by atoms with E-state index in [1.807, 2.05) is 0 Å². The predicted octanol–water partition coefficient (Wildman–Crippen LogP) is 6.91. The zero-order chi connectivity index (χ0) is 24.9. The van der Waals surface area contributed by atoms with Crippen molar-refractivity contribution in [2.24, 2.45) is 0 Å². The summed E-state index contributed by atoms with van der Waals surface area (Å²) in [5.74, 6) is -0.940. The molecule has 0 radical (unpaired) electrons. The Bertz CT molecular complexity index is 1250. The third kappa shape index (κ3) is 6.13. The molecular formula is C30H27BF3P. The minimum atomic E-state index is -0.325. The van der Waals surface area contributed by atoms with E-state index in [4.69, 9.17) is 0 Å². The summed E-state index contributed by atoms with van der Waals surface area (Å²) in [6, 6.07) is 27.9. The van der Waals surface area contributed by atoms with Crippen molar-refractivity contribution in [3.8, 4) is 0 Å². The van der Waals surface area contributed by atoms with E-state index in [0.717, 1.165) is 39.3 Å². The second-order valence-corrected chi connectivity index (χ2v) is 11.5. The Morgan fingerprint density at radius 2 is 1.00 bits per heavy atom. The highest BCUT2D eigenvalue weighted by Gasteiger charge is 2.29. The smallest absolute Gasteiger partial charge is 0.207 e. The zero-order valence-corrected chi connectivity index (χ0v) is 21.0. The van der Waals surface area contributed by atoms with E-state index < -0.39 is 0 Å². The first-order chi connectivity index (χ1) is 16.8. The van der Waals surface area contributed by atoms with Crippen LogP contribution in [0.15, 0.2) is 97.1 Å². The van der Waals surface area contributed by atoms with E-state index in [1.54, 1.807) is 36.4 Å². The second-order valence-electron chi connectivity index (χ2n) is 9.04. The van der Waals surface area contributed by atoms with Crippen molar-refractivity contribution in [2.45, 2.75) is 6.92 Å². The minimum Gasteiger partial charge on any atom is -0.207 e. The molecular weight excluding hydrogens is 459 g/mol. The summed E-state index contributed by atoms with van der Waals surface area (Å²) >= 11 is 0. The highest BCUT2D eigenvalue weighted by molar-refractivity contribution is 7.56. The molecule has 0 nitrogen and oxygen atoms in total. The molecule has 0 N–H and O–H groups in total. The molecule has 0 heterocycles. The topological polar surface area (TPSA) is 0 Å². The molecule has 0 aliphatic heterocycles. The third-order valence-electron chi connectivity index (χ3n) is 6.05. The maximum Gasteiger partial charge on any atom is 0.242 e. The minimum absolute atomic E-state index is 0.298. The Morgan fingerprint density at radius 1 is 0.600 bits per heavy atom. The molecule has 5 heteroatoms. The van der Waals surface area contributed by atoms with Gasteiger partial charge in [-0.05, 0) is 79.5 Å². The molecule has 0 saturated heterocycles. The predicted molar refractivity (Wildman–Crippen MR) is 146 cm³/mol. The zero-order valence-electron chi connectivity index (χ0n) is 20.1. The molecule has 176 valence electrons. The van der Waals surface area contributed by atoms with Crippen LogP contribution in [-0.4, -0.2) is 26.2 Å². The molecule has 0 saturated carbocycles. The fourth-order valence-electron chi connectivity index (χ4n) is 4.38. The largest absolute Gasteiger partial charge is 0.242 e. The van der Waals surface area contributed by atoms with Gasteiger partial charge in [-0.25, -0.2) is 13.2 Å². The van der Waals surface area contributed by atoms with Crippen LogP contribution in [0.4, 0.5) is 13.2 Å². The van der Waals surface area contributed by atoms with Crippen LogP contribution in [0.25, 0.3) is 11.0 Å². The normalized spacial score (nSPS) is 12.0. The molecule has 35 heavy (non-hydrogen) atoms. The summed E-state index contributed by atoms with van der Waals surface area (Å²) < 4.78 is 41.8. The molecule has 4 rings (SSSR count). The molecule has 0 bridgehead atoms. The Labute approximate surface area is 207 Å². The maximum atomic E-state index is 14.0. The van der Waals surface area contributed by atoms with Crippen molar-refractivity contribution in [3.63, 3.8) is 0 Å². The van der Waals surface area contributed by atoms with Crippen LogP contribution in [0.3, 0.4) is 0 Å². The van der Waals surface area contributed by atoms with E-state index in [9.17, 15) is 13.2 Å². The van der Waals surface area contributed by atoms with Gasteiger partial charge < -0.3 is 0 Å². The molecule has 4 aromatic carbocycles. The van der Waals surface area contributed by atoms with Gasteiger partial charge >= 0.3 is 0 Å². The first kappa shape index (κ1) is 25.0. The van der Waals surface area contributed by atoms with Crippen LogP contribution in [-0.2, 0) is 0 Å². The van der Waals surface area contributed by atoms with Crippen molar-refractivity contribution in [2.75, 3.05) is 19.5 Å². The van der Waals surface area contributed by atoms with E-state index in [-0.39, 0.29) is 32.1 Å². The number of rotatable bonds is 7. The van der Waals surface area contributed by atoms with Crippen molar-refractivity contribution in [1.29, 1.82) is 0 Å². The molecule has 0 unspecified atom stereocenters. The van der Waals surface area contributed by atoms with Gasteiger partial charge in [0.1, 0.15) is 17.5 Å². The molecule has 0 aromatic heterocycles. The lowest BCUT2D eigenvalue weighted by Gasteiger charge is -2.25. The lowest BCUT2D eigenvalue weighted by molar-refractivity contribution is 0.627. The van der Waals surface area contributed by atoms with Crippen LogP contribution in [0.1, 0.15) is 16.7 Å². The Morgan fingerprint density at radius 3 is 1.43 bits per heavy atom. The Hall–Kier alpha value is -3.10. The monoisotopic (exact) mass is 486 g/mol. The molecule has 0 atom stereocenters. The number of aryl methyl sites for hydroxylation is 1. The van der Waals surface area contributed by atoms with Gasteiger partial charge in [-0.2, -0.15) is 0 Å². The first-order valence-corrected chi connectivity index (χ1v) is 14.0. The first-order valence-electron chi connectivity index (χ1n) is 11.5. The number of hydrogen-bond acceptors (Lipinski definition) is 0. The van der Waals surface area contributed by atoms with Gasteiger partial charge in [0.05, 0.1) is 0 Å². The summed E-state index contributed by atoms with van der Waals surface area (Å²) in [4.78, 5) is 0. The van der Waals surface area contributed by atoms with Gasteiger partial charge in [-0.15, -0.1) is 7.92 Å². The van der Waals surface area contributed by atoms with Crippen molar-refractivity contribution >= 4 is 36.6 Å². The average Bonchev–Trinajstić information content (AvgIpc) is 2.84. The standard InChI is InChI=1S/C30H27BF3P/c1-21-4-6-22(7-5-21)29(20-35(2)3)30(23-8-14-26(32)15-9-23)31(24-10-16-27(33)17-11-24)25-12-18-28(34)19-13-25/h4-19H,20H2,1-3H3/b30-29+. The van der Waals surface area contributed by atoms with Crippen molar-refractivity contribution in [1.82, 2.24) is 0 Å². The van der Waals surface area contributed by atoms with E-state index >= 15 is 0 Å². The lowest BCUT2D eigenvalue weighted by Crippen LogP contribution is -2.44. The highest BCUT2D eigenvalue weighted by Crippen LogP contribution is 2.38. The SMILES string of the molecule is Cc1ccc(/C(CP(C)C)=C(/B(c2ccc(F)cc2)c2ccc(F)cc2)c2ccc(F)cc2)cc1. The van der Waals surface area contributed by atoms with Gasteiger partial charge in [0, 0.05) is 0 Å². The Kier molecular flexibility index (Phi) is 7.93. The van der Waals surface area contributed by atoms with Crippen molar-refractivity contribution in [3.05, 3.63) is 131 Å². The molecule has 0 aliphatic carbocycles. The fourth-order valence-corrected chi connectivity index (χ4v) is 5.37. The lowest BCUT2D eigenvalue weighted by atomic mass is 9.34. The van der Waals surface area contributed by atoms with Crippen molar-refractivity contribution < 1.29 is 13.2 Å².